The van der Waals surface area contributed by atoms with Crippen molar-refractivity contribution in [3.05, 3.63) is 58.4 Å². The predicted octanol–water partition coefficient (Wildman–Crippen LogP) is 3.57. The van der Waals surface area contributed by atoms with E-state index in [1.165, 1.54) is 12.1 Å². The van der Waals surface area contributed by atoms with Gasteiger partial charge in [-0.05, 0) is 35.4 Å². The number of ether oxygens (including phenoxy) is 2. The van der Waals surface area contributed by atoms with Crippen molar-refractivity contribution in [3.63, 3.8) is 0 Å². The highest BCUT2D eigenvalue weighted by atomic mass is 35.5. The molecule has 0 aliphatic carbocycles. The average Bonchev–Trinajstić information content (AvgIpc) is 2.55. The van der Waals surface area contributed by atoms with Gasteiger partial charge in [0.05, 0.1) is 18.7 Å². The number of aliphatic hydroxyl groups excluding tert-OH is 1. The SMILES string of the molecule is COc1cc(CNCCO)cc(Cl)c1OCc1ccc(F)cc1.Cl. The van der Waals surface area contributed by atoms with Gasteiger partial charge >= 0.3 is 0 Å². The van der Waals surface area contributed by atoms with E-state index in [0.29, 0.717) is 29.6 Å². The van der Waals surface area contributed by atoms with Gasteiger partial charge in [-0.25, -0.2) is 4.39 Å². The van der Waals surface area contributed by atoms with Crippen molar-refractivity contribution in [3.8, 4) is 11.5 Å². The van der Waals surface area contributed by atoms with Crippen LogP contribution in [0.4, 0.5) is 4.39 Å². The number of nitrogens with one attached hydrogen (secondary N) is 1. The maximum absolute atomic E-state index is 12.9. The Morgan fingerprint density at radius 2 is 1.88 bits per heavy atom. The monoisotopic (exact) mass is 375 g/mol. The molecule has 0 aliphatic rings. The second-order valence-electron chi connectivity index (χ2n) is 4.92. The summed E-state index contributed by atoms with van der Waals surface area (Å²) in [4.78, 5) is 0. The standard InChI is InChI=1S/C17H19ClFNO3.ClH/c1-22-16-9-13(10-20-6-7-21)8-15(18)17(16)23-11-12-2-4-14(19)5-3-12;/h2-5,8-9,20-21H,6-7,10-11H2,1H3;1H. The Hall–Kier alpha value is -1.53. The number of aliphatic hydroxyl groups is 1. The Labute approximate surface area is 152 Å². The fraction of sp³-hybridized carbons (Fsp3) is 0.294. The Morgan fingerprint density at radius 3 is 2.50 bits per heavy atom. The molecule has 132 valence electrons. The van der Waals surface area contributed by atoms with Gasteiger partial charge in [0, 0.05) is 13.1 Å². The number of hydrogen-bond donors (Lipinski definition) is 2. The molecule has 0 saturated carbocycles. The van der Waals surface area contributed by atoms with E-state index in [0.717, 1.165) is 11.1 Å². The first-order valence-corrected chi connectivity index (χ1v) is 7.57. The quantitative estimate of drug-likeness (QED) is 0.692. The summed E-state index contributed by atoms with van der Waals surface area (Å²) in [5.41, 5.74) is 1.76. The van der Waals surface area contributed by atoms with Crippen LogP contribution in [0.1, 0.15) is 11.1 Å². The second-order valence-corrected chi connectivity index (χ2v) is 5.33. The molecule has 0 unspecified atom stereocenters. The van der Waals surface area contributed by atoms with E-state index in [4.69, 9.17) is 26.2 Å². The summed E-state index contributed by atoms with van der Waals surface area (Å²) in [6.07, 6.45) is 0. The lowest BCUT2D eigenvalue weighted by atomic mass is 10.2. The van der Waals surface area contributed by atoms with Crippen molar-refractivity contribution < 1.29 is 19.0 Å². The van der Waals surface area contributed by atoms with E-state index in [-0.39, 0.29) is 31.4 Å². The zero-order valence-electron chi connectivity index (χ0n) is 13.2. The number of rotatable bonds is 8. The highest BCUT2D eigenvalue weighted by molar-refractivity contribution is 6.32. The number of halogens is 3. The summed E-state index contributed by atoms with van der Waals surface area (Å²) in [6, 6.07) is 9.69. The Balaban J connectivity index is 0.00000288. The van der Waals surface area contributed by atoms with Crippen LogP contribution in [-0.2, 0) is 13.2 Å². The van der Waals surface area contributed by atoms with Crippen LogP contribution >= 0.6 is 24.0 Å². The highest BCUT2D eigenvalue weighted by Crippen LogP contribution is 2.37. The van der Waals surface area contributed by atoms with Crippen LogP contribution in [0.25, 0.3) is 0 Å². The van der Waals surface area contributed by atoms with Gasteiger partial charge in [-0.3, -0.25) is 0 Å². The lowest BCUT2D eigenvalue weighted by molar-refractivity contribution is 0.284. The second kappa shape index (κ2) is 10.4. The first kappa shape index (κ1) is 20.5. The summed E-state index contributed by atoms with van der Waals surface area (Å²) >= 11 is 6.28. The van der Waals surface area contributed by atoms with E-state index in [1.54, 1.807) is 25.3 Å². The van der Waals surface area contributed by atoms with Gasteiger partial charge in [-0.15, -0.1) is 12.4 Å². The first-order chi connectivity index (χ1) is 11.1. The molecule has 2 N–H and O–H groups in total. The van der Waals surface area contributed by atoms with Crippen molar-refractivity contribution in [1.82, 2.24) is 5.32 Å². The van der Waals surface area contributed by atoms with Crippen molar-refractivity contribution in [2.75, 3.05) is 20.3 Å². The minimum atomic E-state index is -0.288. The summed E-state index contributed by atoms with van der Waals surface area (Å²) < 4.78 is 24.0. The van der Waals surface area contributed by atoms with Gasteiger partial charge in [0.25, 0.3) is 0 Å². The average molecular weight is 376 g/mol. The van der Waals surface area contributed by atoms with Crippen LogP contribution < -0.4 is 14.8 Å². The minimum Gasteiger partial charge on any atom is -0.493 e. The van der Waals surface area contributed by atoms with Crippen molar-refractivity contribution in [2.45, 2.75) is 13.2 Å². The molecule has 24 heavy (non-hydrogen) atoms. The Kier molecular flexibility index (Phi) is 8.85. The van der Waals surface area contributed by atoms with Crippen LogP contribution in [0.5, 0.6) is 11.5 Å². The maximum Gasteiger partial charge on any atom is 0.180 e. The molecule has 0 aromatic heterocycles. The molecule has 0 bridgehead atoms. The third-order valence-electron chi connectivity index (χ3n) is 3.20. The summed E-state index contributed by atoms with van der Waals surface area (Å²) in [6.45, 7) is 1.40. The largest absolute Gasteiger partial charge is 0.493 e. The van der Waals surface area contributed by atoms with Gasteiger partial charge in [0.15, 0.2) is 11.5 Å². The van der Waals surface area contributed by atoms with Crippen LogP contribution in [0.2, 0.25) is 5.02 Å². The fourth-order valence-corrected chi connectivity index (χ4v) is 2.35. The van der Waals surface area contributed by atoms with Crippen molar-refractivity contribution in [1.29, 1.82) is 0 Å². The van der Waals surface area contributed by atoms with E-state index >= 15 is 0 Å². The maximum atomic E-state index is 12.9. The normalized spacial score (nSPS) is 10.2. The van der Waals surface area contributed by atoms with Crippen LogP contribution in [0.3, 0.4) is 0 Å². The van der Waals surface area contributed by atoms with Gasteiger partial charge in [0.2, 0.25) is 0 Å². The topological polar surface area (TPSA) is 50.7 Å². The molecule has 2 aromatic rings. The first-order valence-electron chi connectivity index (χ1n) is 7.19. The number of methoxy groups -OCH3 is 1. The zero-order chi connectivity index (χ0) is 16.7. The predicted molar refractivity (Wildman–Crippen MR) is 94.8 cm³/mol. The molecule has 0 saturated heterocycles. The molecule has 0 aliphatic heterocycles. The number of benzene rings is 2. The van der Waals surface area contributed by atoms with Crippen LogP contribution in [0, 0.1) is 5.82 Å². The van der Waals surface area contributed by atoms with E-state index in [9.17, 15) is 4.39 Å². The molecule has 0 radical (unpaired) electrons. The summed E-state index contributed by atoms with van der Waals surface area (Å²) in [7, 11) is 1.54. The van der Waals surface area contributed by atoms with Gasteiger partial charge in [-0.2, -0.15) is 0 Å². The Morgan fingerprint density at radius 1 is 1.17 bits per heavy atom. The van der Waals surface area contributed by atoms with Crippen molar-refractivity contribution in [2.24, 2.45) is 0 Å². The zero-order valence-corrected chi connectivity index (χ0v) is 14.8. The summed E-state index contributed by atoms with van der Waals surface area (Å²) in [5.74, 6) is 0.689. The van der Waals surface area contributed by atoms with E-state index in [2.05, 4.69) is 5.32 Å². The van der Waals surface area contributed by atoms with E-state index in [1.807, 2.05) is 6.07 Å². The summed E-state index contributed by atoms with van der Waals surface area (Å²) in [5, 5.41) is 12.3. The third kappa shape index (κ3) is 5.83. The molecule has 2 aromatic carbocycles. The highest BCUT2D eigenvalue weighted by Gasteiger charge is 2.12. The third-order valence-corrected chi connectivity index (χ3v) is 3.48. The molecule has 4 nitrogen and oxygen atoms in total. The van der Waals surface area contributed by atoms with Gasteiger partial charge in [-0.1, -0.05) is 23.7 Å². The Bertz CT molecular complexity index is 638. The molecule has 0 spiro atoms. The van der Waals surface area contributed by atoms with Crippen molar-refractivity contribution >= 4 is 24.0 Å². The molecule has 7 heteroatoms. The molecular weight excluding hydrogens is 356 g/mol. The lowest BCUT2D eigenvalue weighted by Gasteiger charge is -2.14. The molecule has 0 amide bonds. The lowest BCUT2D eigenvalue weighted by Crippen LogP contribution is -2.17. The minimum absolute atomic E-state index is 0. The smallest absolute Gasteiger partial charge is 0.180 e. The van der Waals surface area contributed by atoms with Crippen LogP contribution in [-0.4, -0.2) is 25.4 Å². The molecule has 0 atom stereocenters. The molecule has 0 fully saturated rings. The van der Waals surface area contributed by atoms with E-state index < -0.39 is 0 Å². The molecule has 2 rings (SSSR count). The molecular formula is C17H20Cl2FNO3. The van der Waals surface area contributed by atoms with Crippen LogP contribution in [0.15, 0.2) is 36.4 Å². The molecule has 0 heterocycles. The fourth-order valence-electron chi connectivity index (χ4n) is 2.06. The van der Waals surface area contributed by atoms with Gasteiger partial charge in [0.1, 0.15) is 12.4 Å². The van der Waals surface area contributed by atoms with Gasteiger partial charge < -0.3 is 19.9 Å². The number of hydrogen-bond acceptors (Lipinski definition) is 4.